The van der Waals surface area contributed by atoms with E-state index in [4.69, 9.17) is 23.2 Å². The second kappa shape index (κ2) is 5.34. The van der Waals surface area contributed by atoms with E-state index in [1.807, 2.05) is 11.8 Å². The molecule has 0 spiro atoms. The third-order valence-corrected chi connectivity index (χ3v) is 3.97. The molecule has 0 atom stereocenters. The maximum atomic E-state index is 6.17. The molecular formula is C10H13Cl2N3S. The van der Waals surface area contributed by atoms with Gasteiger partial charge in [-0.15, -0.1) is 0 Å². The van der Waals surface area contributed by atoms with Crippen LogP contribution in [0.5, 0.6) is 0 Å². The molecule has 1 aliphatic heterocycles. The minimum Gasteiger partial charge on any atom is -0.372 e. The highest BCUT2D eigenvalue weighted by Gasteiger charge is 2.17. The van der Waals surface area contributed by atoms with Crippen molar-refractivity contribution in [1.82, 2.24) is 4.98 Å². The van der Waals surface area contributed by atoms with Crippen LogP contribution in [-0.4, -0.2) is 36.6 Å². The summed E-state index contributed by atoms with van der Waals surface area (Å²) in [5, 5.41) is 4.15. The van der Waals surface area contributed by atoms with Crippen LogP contribution >= 0.6 is 35.0 Å². The topological polar surface area (TPSA) is 28.2 Å². The molecule has 1 aromatic rings. The van der Waals surface area contributed by atoms with Crippen LogP contribution in [-0.2, 0) is 0 Å². The van der Waals surface area contributed by atoms with Crippen molar-refractivity contribution < 1.29 is 0 Å². The fourth-order valence-corrected chi connectivity index (χ4v) is 3.10. The lowest BCUT2D eigenvalue weighted by Crippen LogP contribution is -2.33. The van der Waals surface area contributed by atoms with E-state index in [2.05, 4.69) is 15.2 Å². The molecule has 0 aliphatic carbocycles. The van der Waals surface area contributed by atoms with Gasteiger partial charge in [0.1, 0.15) is 11.6 Å². The molecule has 1 aliphatic rings. The average Bonchev–Trinajstić information content (AvgIpc) is 2.30. The summed E-state index contributed by atoms with van der Waals surface area (Å²) in [5.74, 6) is 3.75. The van der Waals surface area contributed by atoms with Crippen LogP contribution in [0, 0.1) is 0 Å². The Bertz CT molecular complexity index is 381. The van der Waals surface area contributed by atoms with E-state index in [9.17, 15) is 0 Å². The van der Waals surface area contributed by atoms with Crippen LogP contribution in [0.3, 0.4) is 0 Å². The number of anilines is 2. The number of halogens is 2. The van der Waals surface area contributed by atoms with E-state index < -0.39 is 0 Å². The van der Waals surface area contributed by atoms with Crippen LogP contribution in [0.15, 0.2) is 6.07 Å². The van der Waals surface area contributed by atoms with Crippen LogP contribution in [0.2, 0.25) is 10.0 Å². The second-order valence-electron chi connectivity index (χ2n) is 3.47. The SMILES string of the molecule is CNc1nc(N2CCSCC2)c(Cl)cc1Cl. The van der Waals surface area contributed by atoms with Crippen molar-refractivity contribution in [3.8, 4) is 0 Å². The molecule has 0 radical (unpaired) electrons. The molecule has 88 valence electrons. The summed E-state index contributed by atoms with van der Waals surface area (Å²) in [6.45, 7) is 1.98. The van der Waals surface area contributed by atoms with Gasteiger partial charge in [-0.2, -0.15) is 11.8 Å². The van der Waals surface area contributed by atoms with Crippen LogP contribution in [0.25, 0.3) is 0 Å². The first kappa shape index (κ1) is 12.1. The predicted molar refractivity (Wildman–Crippen MR) is 73.3 cm³/mol. The summed E-state index contributed by atoms with van der Waals surface area (Å²) in [6.07, 6.45) is 0. The summed E-state index contributed by atoms with van der Waals surface area (Å²) in [5.41, 5.74) is 0. The molecule has 2 heterocycles. The lowest BCUT2D eigenvalue weighted by Gasteiger charge is -2.28. The maximum Gasteiger partial charge on any atom is 0.150 e. The van der Waals surface area contributed by atoms with Gasteiger partial charge in [0, 0.05) is 31.6 Å². The van der Waals surface area contributed by atoms with Crippen molar-refractivity contribution in [3.05, 3.63) is 16.1 Å². The number of thioether (sulfide) groups is 1. The second-order valence-corrected chi connectivity index (χ2v) is 5.51. The average molecular weight is 278 g/mol. The highest BCUT2D eigenvalue weighted by Crippen LogP contribution is 2.32. The molecule has 0 unspecified atom stereocenters. The Labute approximate surface area is 110 Å². The number of aromatic nitrogens is 1. The molecule has 1 aromatic heterocycles. The Hall–Kier alpha value is -0.320. The van der Waals surface area contributed by atoms with Gasteiger partial charge in [0.05, 0.1) is 10.0 Å². The summed E-state index contributed by atoms with van der Waals surface area (Å²) in [4.78, 5) is 6.66. The normalized spacial score (nSPS) is 16.3. The van der Waals surface area contributed by atoms with E-state index in [-0.39, 0.29) is 0 Å². The minimum absolute atomic E-state index is 0.558. The Morgan fingerprint density at radius 2 is 2.00 bits per heavy atom. The number of hydrogen-bond acceptors (Lipinski definition) is 4. The number of pyridine rings is 1. The third kappa shape index (κ3) is 2.50. The first-order chi connectivity index (χ1) is 7.72. The van der Waals surface area contributed by atoms with E-state index in [1.165, 1.54) is 0 Å². The first-order valence-corrected chi connectivity index (χ1v) is 7.00. The molecule has 1 saturated heterocycles. The van der Waals surface area contributed by atoms with Gasteiger partial charge in [-0.05, 0) is 6.07 Å². The van der Waals surface area contributed by atoms with Crippen molar-refractivity contribution in [2.75, 3.05) is 41.9 Å². The van der Waals surface area contributed by atoms with Gasteiger partial charge < -0.3 is 10.2 Å². The quantitative estimate of drug-likeness (QED) is 0.900. The summed E-state index contributed by atoms with van der Waals surface area (Å²) in [7, 11) is 1.80. The zero-order valence-corrected chi connectivity index (χ0v) is 11.3. The Balaban J connectivity index is 2.31. The highest BCUT2D eigenvalue weighted by molar-refractivity contribution is 7.99. The Morgan fingerprint density at radius 3 is 2.62 bits per heavy atom. The summed E-state index contributed by atoms with van der Waals surface area (Å²) >= 11 is 14.1. The van der Waals surface area contributed by atoms with Crippen molar-refractivity contribution >= 4 is 46.6 Å². The molecule has 2 rings (SSSR count). The van der Waals surface area contributed by atoms with E-state index in [0.717, 1.165) is 30.4 Å². The van der Waals surface area contributed by atoms with Gasteiger partial charge in [0.15, 0.2) is 0 Å². The van der Waals surface area contributed by atoms with E-state index >= 15 is 0 Å². The molecule has 1 fully saturated rings. The molecule has 0 amide bonds. The van der Waals surface area contributed by atoms with Gasteiger partial charge in [-0.25, -0.2) is 4.98 Å². The zero-order valence-electron chi connectivity index (χ0n) is 8.96. The van der Waals surface area contributed by atoms with Crippen LogP contribution < -0.4 is 10.2 Å². The van der Waals surface area contributed by atoms with Crippen molar-refractivity contribution in [2.24, 2.45) is 0 Å². The molecule has 0 bridgehead atoms. The summed E-state index contributed by atoms with van der Waals surface area (Å²) < 4.78 is 0. The van der Waals surface area contributed by atoms with Gasteiger partial charge in [-0.3, -0.25) is 0 Å². The van der Waals surface area contributed by atoms with Crippen molar-refractivity contribution in [3.63, 3.8) is 0 Å². The van der Waals surface area contributed by atoms with Gasteiger partial charge in [0.2, 0.25) is 0 Å². The lowest BCUT2D eigenvalue weighted by molar-refractivity contribution is 0.840. The van der Waals surface area contributed by atoms with Gasteiger partial charge in [-0.1, -0.05) is 23.2 Å². The number of nitrogens with one attached hydrogen (secondary N) is 1. The molecule has 16 heavy (non-hydrogen) atoms. The van der Waals surface area contributed by atoms with Crippen LogP contribution in [0.4, 0.5) is 11.6 Å². The van der Waals surface area contributed by atoms with Gasteiger partial charge in [0.25, 0.3) is 0 Å². The Kier molecular flexibility index (Phi) is 4.05. The Morgan fingerprint density at radius 1 is 1.31 bits per heavy atom. The van der Waals surface area contributed by atoms with E-state index in [1.54, 1.807) is 13.1 Å². The standard InChI is InChI=1S/C10H13Cl2N3S/c1-13-9-7(11)6-8(12)10(14-9)15-2-4-16-5-3-15/h6H,2-5H2,1H3,(H,13,14). The van der Waals surface area contributed by atoms with Crippen LogP contribution in [0.1, 0.15) is 0 Å². The molecule has 0 saturated carbocycles. The number of hydrogen-bond donors (Lipinski definition) is 1. The molecule has 0 aromatic carbocycles. The van der Waals surface area contributed by atoms with Crippen molar-refractivity contribution in [1.29, 1.82) is 0 Å². The molecule has 6 heteroatoms. The van der Waals surface area contributed by atoms with Crippen molar-refractivity contribution in [2.45, 2.75) is 0 Å². The number of rotatable bonds is 2. The molecular weight excluding hydrogens is 265 g/mol. The predicted octanol–water partition coefficient (Wildman–Crippen LogP) is 2.98. The van der Waals surface area contributed by atoms with E-state index in [0.29, 0.717) is 15.9 Å². The molecule has 3 nitrogen and oxygen atoms in total. The fraction of sp³-hybridized carbons (Fsp3) is 0.500. The smallest absolute Gasteiger partial charge is 0.150 e. The lowest BCUT2D eigenvalue weighted by atomic mass is 10.4. The largest absolute Gasteiger partial charge is 0.372 e. The number of nitrogens with zero attached hydrogens (tertiary/aromatic N) is 2. The minimum atomic E-state index is 0.558. The molecule has 1 N–H and O–H groups in total. The fourth-order valence-electron chi connectivity index (χ4n) is 1.63. The maximum absolute atomic E-state index is 6.17. The first-order valence-electron chi connectivity index (χ1n) is 5.09. The third-order valence-electron chi connectivity index (χ3n) is 2.46. The summed E-state index contributed by atoms with van der Waals surface area (Å²) in [6, 6.07) is 1.75. The monoisotopic (exact) mass is 277 g/mol. The zero-order chi connectivity index (χ0) is 11.5. The van der Waals surface area contributed by atoms with Gasteiger partial charge >= 0.3 is 0 Å². The highest BCUT2D eigenvalue weighted by atomic mass is 35.5.